The standard InChI is InChI=1S/C13H20Cl2N2O2/c1-3-4-5-6-7-8-9-17-12(18)10(14)11(15)16(2)13(17)19/h3-9H2,1-2H3. The highest BCUT2D eigenvalue weighted by molar-refractivity contribution is 6.41. The molecule has 4 nitrogen and oxygen atoms in total. The zero-order valence-electron chi connectivity index (χ0n) is 11.4. The maximum Gasteiger partial charge on any atom is 0.331 e. The minimum absolute atomic E-state index is 0.00383. The molecule has 0 saturated carbocycles. The van der Waals surface area contributed by atoms with Crippen LogP contribution in [0.15, 0.2) is 9.59 Å². The Morgan fingerprint density at radius 3 is 2.21 bits per heavy atom. The lowest BCUT2D eigenvalue weighted by atomic mass is 10.1. The van der Waals surface area contributed by atoms with Crippen molar-refractivity contribution in [3.05, 3.63) is 31.0 Å². The molecule has 0 spiro atoms. The summed E-state index contributed by atoms with van der Waals surface area (Å²) in [5.74, 6) is 0. The van der Waals surface area contributed by atoms with Crippen LogP contribution in [0.5, 0.6) is 0 Å². The highest BCUT2D eigenvalue weighted by Crippen LogP contribution is 2.14. The summed E-state index contributed by atoms with van der Waals surface area (Å²) in [4.78, 5) is 23.8. The highest BCUT2D eigenvalue weighted by Gasteiger charge is 2.13. The number of halogens is 2. The van der Waals surface area contributed by atoms with Crippen LogP contribution < -0.4 is 11.2 Å². The molecule has 1 heterocycles. The van der Waals surface area contributed by atoms with E-state index in [0.29, 0.717) is 6.54 Å². The van der Waals surface area contributed by atoms with E-state index in [1.165, 1.54) is 30.9 Å². The third-order valence-corrected chi connectivity index (χ3v) is 4.04. The summed E-state index contributed by atoms with van der Waals surface area (Å²) in [6.07, 6.45) is 6.57. The number of hydrogen-bond donors (Lipinski definition) is 0. The van der Waals surface area contributed by atoms with Gasteiger partial charge < -0.3 is 0 Å². The summed E-state index contributed by atoms with van der Waals surface area (Å²) >= 11 is 11.6. The number of hydrogen-bond acceptors (Lipinski definition) is 2. The topological polar surface area (TPSA) is 44.0 Å². The van der Waals surface area contributed by atoms with Crippen LogP contribution in [0.1, 0.15) is 45.4 Å². The lowest BCUT2D eigenvalue weighted by Gasteiger charge is -2.09. The second kappa shape index (κ2) is 7.75. The molecule has 0 unspecified atom stereocenters. The zero-order valence-corrected chi connectivity index (χ0v) is 12.9. The van der Waals surface area contributed by atoms with E-state index in [4.69, 9.17) is 23.2 Å². The first-order valence-electron chi connectivity index (χ1n) is 6.65. The first-order chi connectivity index (χ1) is 9.00. The Kier molecular flexibility index (Phi) is 6.66. The third-order valence-electron chi connectivity index (χ3n) is 3.16. The van der Waals surface area contributed by atoms with Crippen molar-refractivity contribution in [2.24, 2.45) is 7.05 Å². The van der Waals surface area contributed by atoms with Crippen LogP contribution in [-0.4, -0.2) is 9.13 Å². The predicted octanol–water partition coefficient (Wildman–Crippen LogP) is 3.21. The molecule has 19 heavy (non-hydrogen) atoms. The zero-order chi connectivity index (χ0) is 14.4. The Hall–Kier alpha value is -0.740. The molecule has 0 radical (unpaired) electrons. The fraction of sp³-hybridized carbons (Fsp3) is 0.692. The molecule has 0 fully saturated rings. The Morgan fingerprint density at radius 2 is 1.58 bits per heavy atom. The van der Waals surface area contributed by atoms with Crippen LogP contribution in [0.2, 0.25) is 10.2 Å². The molecule has 108 valence electrons. The smallest absolute Gasteiger partial charge is 0.286 e. The minimum atomic E-state index is -0.497. The molecule has 0 atom stereocenters. The van der Waals surface area contributed by atoms with E-state index < -0.39 is 11.2 Å². The molecule has 0 bridgehead atoms. The first-order valence-corrected chi connectivity index (χ1v) is 7.41. The molecule has 0 aromatic carbocycles. The Balaban J connectivity index is 2.70. The van der Waals surface area contributed by atoms with Crippen LogP contribution >= 0.6 is 23.2 Å². The van der Waals surface area contributed by atoms with Crippen molar-refractivity contribution in [2.45, 2.75) is 52.0 Å². The summed E-state index contributed by atoms with van der Waals surface area (Å²) in [7, 11) is 1.51. The normalized spacial score (nSPS) is 10.9. The van der Waals surface area contributed by atoms with Gasteiger partial charge in [-0.1, -0.05) is 62.2 Å². The summed E-state index contributed by atoms with van der Waals surface area (Å²) in [5, 5.41) is -0.0920. The first kappa shape index (κ1) is 16.3. The van der Waals surface area contributed by atoms with E-state index in [-0.39, 0.29) is 10.2 Å². The van der Waals surface area contributed by atoms with E-state index in [0.717, 1.165) is 23.8 Å². The lowest BCUT2D eigenvalue weighted by molar-refractivity contribution is 0.522. The third kappa shape index (κ3) is 4.11. The van der Waals surface area contributed by atoms with E-state index in [1.54, 1.807) is 0 Å². The van der Waals surface area contributed by atoms with E-state index in [9.17, 15) is 9.59 Å². The van der Waals surface area contributed by atoms with Gasteiger partial charge in [0.1, 0.15) is 10.2 Å². The molecular formula is C13H20Cl2N2O2. The number of aromatic nitrogens is 2. The van der Waals surface area contributed by atoms with Gasteiger partial charge in [-0.2, -0.15) is 0 Å². The quantitative estimate of drug-likeness (QED) is 0.573. The van der Waals surface area contributed by atoms with Gasteiger partial charge in [-0.25, -0.2) is 4.79 Å². The molecule has 0 saturated heterocycles. The lowest BCUT2D eigenvalue weighted by Crippen LogP contribution is -2.39. The Bertz CT molecular complexity index is 497. The second-order valence-corrected chi connectivity index (χ2v) is 5.41. The van der Waals surface area contributed by atoms with Crippen molar-refractivity contribution in [3.8, 4) is 0 Å². The van der Waals surface area contributed by atoms with E-state index in [1.807, 2.05) is 0 Å². The van der Waals surface area contributed by atoms with Crippen LogP contribution in [0.4, 0.5) is 0 Å². The molecule has 1 aromatic rings. The minimum Gasteiger partial charge on any atom is -0.286 e. The van der Waals surface area contributed by atoms with Gasteiger partial charge in [0.25, 0.3) is 5.56 Å². The van der Waals surface area contributed by atoms with Gasteiger partial charge >= 0.3 is 5.69 Å². The number of rotatable bonds is 7. The molecule has 0 amide bonds. The average Bonchev–Trinajstić information content (AvgIpc) is 2.41. The maximum absolute atomic E-state index is 11.9. The van der Waals surface area contributed by atoms with Crippen LogP contribution in [-0.2, 0) is 13.6 Å². The van der Waals surface area contributed by atoms with Crippen molar-refractivity contribution < 1.29 is 0 Å². The van der Waals surface area contributed by atoms with Crippen molar-refractivity contribution in [3.63, 3.8) is 0 Å². The second-order valence-electron chi connectivity index (χ2n) is 4.67. The van der Waals surface area contributed by atoms with Gasteiger partial charge in [-0.05, 0) is 6.42 Å². The maximum atomic E-state index is 11.9. The molecule has 0 aliphatic heterocycles. The van der Waals surface area contributed by atoms with Gasteiger partial charge in [0.15, 0.2) is 0 Å². The monoisotopic (exact) mass is 306 g/mol. The van der Waals surface area contributed by atoms with E-state index in [2.05, 4.69) is 6.92 Å². The van der Waals surface area contributed by atoms with Crippen LogP contribution in [0.25, 0.3) is 0 Å². The summed E-state index contributed by atoms with van der Waals surface area (Å²) in [6, 6.07) is 0. The van der Waals surface area contributed by atoms with Crippen molar-refractivity contribution >= 4 is 23.2 Å². The molecule has 0 aliphatic carbocycles. The number of nitrogens with zero attached hydrogens (tertiary/aromatic N) is 2. The van der Waals surface area contributed by atoms with Gasteiger partial charge in [-0.3, -0.25) is 13.9 Å². The van der Waals surface area contributed by atoms with Crippen LogP contribution in [0, 0.1) is 0 Å². The SMILES string of the molecule is CCCCCCCCn1c(=O)c(Cl)c(Cl)n(C)c1=O. The molecule has 0 N–H and O–H groups in total. The van der Waals surface area contributed by atoms with Crippen molar-refractivity contribution in [1.29, 1.82) is 0 Å². The van der Waals surface area contributed by atoms with Crippen molar-refractivity contribution in [1.82, 2.24) is 9.13 Å². The van der Waals surface area contributed by atoms with Gasteiger partial charge in [0.05, 0.1) is 0 Å². The summed E-state index contributed by atoms with van der Waals surface area (Å²) in [5.41, 5.74) is -0.906. The average molecular weight is 307 g/mol. The fourth-order valence-corrected chi connectivity index (χ4v) is 2.34. The Morgan fingerprint density at radius 1 is 1.00 bits per heavy atom. The van der Waals surface area contributed by atoms with Crippen molar-refractivity contribution in [2.75, 3.05) is 0 Å². The molecule has 6 heteroatoms. The van der Waals surface area contributed by atoms with Gasteiger partial charge in [0.2, 0.25) is 0 Å². The molecule has 1 aromatic heterocycles. The van der Waals surface area contributed by atoms with Gasteiger partial charge in [0, 0.05) is 13.6 Å². The fourth-order valence-electron chi connectivity index (χ4n) is 1.95. The molecule has 1 rings (SSSR count). The highest BCUT2D eigenvalue weighted by atomic mass is 35.5. The van der Waals surface area contributed by atoms with Crippen LogP contribution in [0.3, 0.4) is 0 Å². The van der Waals surface area contributed by atoms with Gasteiger partial charge in [-0.15, -0.1) is 0 Å². The summed E-state index contributed by atoms with van der Waals surface area (Å²) in [6.45, 7) is 2.56. The number of unbranched alkanes of at least 4 members (excludes halogenated alkanes) is 5. The largest absolute Gasteiger partial charge is 0.331 e. The molecule has 0 aliphatic rings. The van der Waals surface area contributed by atoms with E-state index >= 15 is 0 Å². The predicted molar refractivity (Wildman–Crippen MR) is 79.3 cm³/mol. The summed E-state index contributed by atoms with van der Waals surface area (Å²) < 4.78 is 2.36. The Labute approximate surface area is 123 Å². The molecular weight excluding hydrogens is 287 g/mol.